The van der Waals surface area contributed by atoms with Crippen molar-refractivity contribution in [1.29, 1.82) is 5.26 Å². The molecule has 2 aromatic rings. The van der Waals surface area contributed by atoms with E-state index >= 15 is 0 Å². The standard InChI is InChI=1S/C17H20N4O/c1-3-4-5-15-12(2)20-17(21-16(15)22)19-11-14-8-6-13(10-18)7-9-14/h6-9H,3-5,11H2,1-2H3,(H2,19,20,21,22). The summed E-state index contributed by atoms with van der Waals surface area (Å²) < 4.78 is 0. The zero-order valence-corrected chi connectivity index (χ0v) is 12.9. The molecule has 114 valence electrons. The molecule has 0 aliphatic rings. The number of hydrogen-bond donors (Lipinski definition) is 2. The predicted octanol–water partition coefficient (Wildman–Crippen LogP) is 2.90. The molecule has 0 spiro atoms. The Hall–Kier alpha value is -2.61. The van der Waals surface area contributed by atoms with E-state index in [0.29, 0.717) is 18.1 Å². The first-order valence-corrected chi connectivity index (χ1v) is 7.46. The molecule has 5 nitrogen and oxygen atoms in total. The van der Waals surface area contributed by atoms with Crippen LogP contribution in [0.4, 0.5) is 5.95 Å². The Balaban J connectivity index is 2.07. The van der Waals surface area contributed by atoms with E-state index in [0.717, 1.165) is 36.1 Å². The lowest BCUT2D eigenvalue weighted by Crippen LogP contribution is -2.19. The van der Waals surface area contributed by atoms with Crippen LogP contribution >= 0.6 is 0 Å². The molecule has 1 aromatic carbocycles. The third kappa shape index (κ3) is 3.95. The fourth-order valence-electron chi connectivity index (χ4n) is 2.23. The summed E-state index contributed by atoms with van der Waals surface area (Å²) in [6.45, 7) is 4.51. The molecule has 0 aliphatic heterocycles. The fraction of sp³-hybridized carbons (Fsp3) is 0.353. The number of aromatic nitrogens is 2. The monoisotopic (exact) mass is 296 g/mol. The second kappa shape index (κ2) is 7.41. The highest BCUT2D eigenvalue weighted by Crippen LogP contribution is 2.08. The molecule has 5 heteroatoms. The van der Waals surface area contributed by atoms with E-state index in [1.165, 1.54) is 0 Å². The third-order valence-electron chi connectivity index (χ3n) is 3.55. The lowest BCUT2D eigenvalue weighted by molar-refractivity contribution is 0.773. The minimum atomic E-state index is -0.0664. The highest BCUT2D eigenvalue weighted by Gasteiger charge is 2.07. The van der Waals surface area contributed by atoms with E-state index in [-0.39, 0.29) is 5.56 Å². The van der Waals surface area contributed by atoms with Gasteiger partial charge in [-0.15, -0.1) is 0 Å². The van der Waals surface area contributed by atoms with Crippen molar-refractivity contribution in [2.24, 2.45) is 0 Å². The number of nitrogens with zero attached hydrogens (tertiary/aromatic N) is 2. The molecular formula is C17H20N4O. The van der Waals surface area contributed by atoms with Crippen molar-refractivity contribution in [3.8, 4) is 6.07 Å². The number of benzene rings is 1. The first-order chi connectivity index (χ1) is 10.6. The molecule has 0 unspecified atom stereocenters. The van der Waals surface area contributed by atoms with Gasteiger partial charge in [0.05, 0.1) is 11.6 Å². The number of nitrogens with one attached hydrogen (secondary N) is 2. The van der Waals surface area contributed by atoms with Crippen molar-refractivity contribution in [2.45, 2.75) is 39.7 Å². The van der Waals surface area contributed by atoms with Gasteiger partial charge in [-0.3, -0.25) is 9.78 Å². The summed E-state index contributed by atoms with van der Waals surface area (Å²) in [5, 5.41) is 11.9. The molecule has 0 saturated carbocycles. The molecule has 1 heterocycles. The Kier molecular flexibility index (Phi) is 5.31. The summed E-state index contributed by atoms with van der Waals surface area (Å²) in [5.41, 5.74) is 3.13. The zero-order valence-electron chi connectivity index (χ0n) is 12.9. The Morgan fingerprint density at radius 1 is 1.32 bits per heavy atom. The van der Waals surface area contributed by atoms with Gasteiger partial charge in [-0.25, -0.2) is 4.98 Å². The van der Waals surface area contributed by atoms with E-state index in [4.69, 9.17) is 5.26 Å². The van der Waals surface area contributed by atoms with Crippen LogP contribution in [0.25, 0.3) is 0 Å². The van der Waals surface area contributed by atoms with Crippen molar-refractivity contribution >= 4 is 5.95 Å². The van der Waals surface area contributed by atoms with Crippen LogP contribution in [0.5, 0.6) is 0 Å². The minimum absolute atomic E-state index is 0.0664. The first-order valence-electron chi connectivity index (χ1n) is 7.46. The maximum Gasteiger partial charge on any atom is 0.255 e. The quantitative estimate of drug-likeness (QED) is 0.858. The van der Waals surface area contributed by atoms with Crippen LogP contribution in [0, 0.1) is 18.3 Å². The normalized spacial score (nSPS) is 10.2. The summed E-state index contributed by atoms with van der Waals surface area (Å²) in [5.74, 6) is 0.479. The number of nitriles is 1. The Bertz CT molecular complexity index is 726. The molecule has 0 fully saturated rings. The average molecular weight is 296 g/mol. The maximum atomic E-state index is 12.1. The van der Waals surface area contributed by atoms with Crippen LogP contribution in [0.2, 0.25) is 0 Å². The Labute approximate surface area is 130 Å². The molecule has 0 bridgehead atoms. The van der Waals surface area contributed by atoms with Crippen LogP contribution in [-0.4, -0.2) is 9.97 Å². The van der Waals surface area contributed by atoms with Gasteiger partial charge >= 0.3 is 0 Å². The highest BCUT2D eigenvalue weighted by molar-refractivity contribution is 5.34. The lowest BCUT2D eigenvalue weighted by Gasteiger charge is -2.09. The molecule has 0 radical (unpaired) electrons. The van der Waals surface area contributed by atoms with Gasteiger partial charge in [-0.1, -0.05) is 25.5 Å². The first kappa shape index (κ1) is 15.8. The van der Waals surface area contributed by atoms with E-state index in [2.05, 4.69) is 28.3 Å². The van der Waals surface area contributed by atoms with Crippen LogP contribution < -0.4 is 10.9 Å². The number of rotatable bonds is 6. The Morgan fingerprint density at radius 2 is 2.05 bits per heavy atom. The fourth-order valence-corrected chi connectivity index (χ4v) is 2.23. The topological polar surface area (TPSA) is 81.6 Å². The van der Waals surface area contributed by atoms with Crippen molar-refractivity contribution in [3.63, 3.8) is 0 Å². The van der Waals surface area contributed by atoms with Crippen LogP contribution in [0.3, 0.4) is 0 Å². The summed E-state index contributed by atoms with van der Waals surface area (Å²) in [6, 6.07) is 9.39. The SMILES string of the molecule is CCCCc1c(C)nc(NCc2ccc(C#N)cc2)[nH]c1=O. The summed E-state index contributed by atoms with van der Waals surface area (Å²) in [4.78, 5) is 19.3. The molecule has 0 aliphatic carbocycles. The second-order valence-electron chi connectivity index (χ2n) is 5.24. The molecule has 0 saturated heterocycles. The molecule has 2 N–H and O–H groups in total. The highest BCUT2D eigenvalue weighted by atomic mass is 16.1. The van der Waals surface area contributed by atoms with E-state index < -0.39 is 0 Å². The number of aryl methyl sites for hydroxylation is 1. The lowest BCUT2D eigenvalue weighted by atomic mass is 10.1. The molecule has 2 rings (SSSR count). The van der Waals surface area contributed by atoms with Crippen LogP contribution in [0.1, 0.15) is 42.1 Å². The van der Waals surface area contributed by atoms with Gasteiger partial charge in [0, 0.05) is 17.8 Å². The molecule has 22 heavy (non-hydrogen) atoms. The number of hydrogen-bond acceptors (Lipinski definition) is 4. The maximum absolute atomic E-state index is 12.1. The van der Waals surface area contributed by atoms with Crippen molar-refractivity contribution in [1.82, 2.24) is 9.97 Å². The molecule has 0 amide bonds. The number of aromatic amines is 1. The van der Waals surface area contributed by atoms with Gasteiger partial charge in [0.15, 0.2) is 0 Å². The number of H-pyrrole nitrogens is 1. The molecule has 1 aromatic heterocycles. The van der Waals surface area contributed by atoms with Crippen molar-refractivity contribution < 1.29 is 0 Å². The third-order valence-corrected chi connectivity index (χ3v) is 3.55. The van der Waals surface area contributed by atoms with Crippen LogP contribution in [-0.2, 0) is 13.0 Å². The number of unbranched alkanes of at least 4 members (excludes halogenated alkanes) is 1. The van der Waals surface area contributed by atoms with Gasteiger partial charge in [-0.05, 0) is 37.5 Å². The van der Waals surface area contributed by atoms with Gasteiger partial charge in [0.2, 0.25) is 5.95 Å². The van der Waals surface area contributed by atoms with Gasteiger partial charge < -0.3 is 5.32 Å². The molecule has 0 atom stereocenters. The van der Waals surface area contributed by atoms with E-state index in [1.54, 1.807) is 12.1 Å². The van der Waals surface area contributed by atoms with Gasteiger partial charge in [0.25, 0.3) is 5.56 Å². The Morgan fingerprint density at radius 3 is 2.64 bits per heavy atom. The predicted molar refractivity (Wildman–Crippen MR) is 86.7 cm³/mol. The second-order valence-corrected chi connectivity index (χ2v) is 5.24. The largest absolute Gasteiger partial charge is 0.352 e. The summed E-state index contributed by atoms with van der Waals surface area (Å²) >= 11 is 0. The van der Waals surface area contributed by atoms with Gasteiger partial charge in [-0.2, -0.15) is 5.26 Å². The van der Waals surface area contributed by atoms with Gasteiger partial charge in [0.1, 0.15) is 0 Å². The number of anilines is 1. The van der Waals surface area contributed by atoms with Crippen molar-refractivity contribution in [3.05, 3.63) is 57.0 Å². The average Bonchev–Trinajstić information content (AvgIpc) is 2.52. The minimum Gasteiger partial charge on any atom is -0.352 e. The summed E-state index contributed by atoms with van der Waals surface area (Å²) in [6.07, 6.45) is 2.81. The van der Waals surface area contributed by atoms with E-state index in [1.807, 2.05) is 19.1 Å². The van der Waals surface area contributed by atoms with Crippen molar-refractivity contribution in [2.75, 3.05) is 5.32 Å². The molecular weight excluding hydrogens is 276 g/mol. The smallest absolute Gasteiger partial charge is 0.255 e. The zero-order chi connectivity index (χ0) is 15.9. The van der Waals surface area contributed by atoms with Crippen LogP contribution in [0.15, 0.2) is 29.1 Å². The van der Waals surface area contributed by atoms with E-state index in [9.17, 15) is 4.79 Å². The summed E-state index contributed by atoms with van der Waals surface area (Å²) in [7, 11) is 0.